The van der Waals surface area contributed by atoms with Crippen LogP contribution in [0, 0.1) is 13.8 Å². The summed E-state index contributed by atoms with van der Waals surface area (Å²) in [5.41, 5.74) is 3.80. The number of hydrogen-bond acceptors (Lipinski definition) is 3. The predicted molar refractivity (Wildman–Crippen MR) is 82.6 cm³/mol. The van der Waals surface area contributed by atoms with E-state index < -0.39 is 0 Å². The zero-order chi connectivity index (χ0) is 14.4. The topological polar surface area (TPSA) is 42.2 Å². The molecule has 0 saturated heterocycles. The molecule has 0 unspecified atom stereocenters. The van der Waals surface area contributed by atoms with Crippen LogP contribution in [0.2, 0.25) is 0 Å². The Bertz CT molecular complexity index is 544. The fourth-order valence-corrected chi connectivity index (χ4v) is 2.86. The number of carbonyl (C=O) groups is 1. The number of rotatable bonds is 6. The number of nitrogens with one attached hydrogen (secondary N) is 1. The first kappa shape index (κ1) is 14.7. The van der Waals surface area contributed by atoms with Crippen molar-refractivity contribution in [3.63, 3.8) is 0 Å². The van der Waals surface area contributed by atoms with E-state index in [4.69, 9.17) is 4.42 Å². The maximum Gasteiger partial charge on any atom is 0.230 e. The lowest BCUT2D eigenvalue weighted by atomic mass is 10.1. The molecule has 1 amide bonds. The fourth-order valence-electron chi connectivity index (χ4n) is 2.06. The highest BCUT2D eigenvalue weighted by molar-refractivity contribution is 7.99. The molecule has 2 aromatic rings. The molecule has 3 nitrogen and oxygen atoms in total. The maximum absolute atomic E-state index is 11.7. The van der Waals surface area contributed by atoms with E-state index in [0.29, 0.717) is 12.3 Å². The molecule has 0 bridgehead atoms. The van der Waals surface area contributed by atoms with Crippen molar-refractivity contribution in [3.05, 3.63) is 59.0 Å². The molecule has 1 N–H and O–H groups in total. The van der Waals surface area contributed by atoms with E-state index in [2.05, 4.69) is 37.4 Å². The van der Waals surface area contributed by atoms with Crippen LogP contribution >= 0.6 is 11.8 Å². The summed E-state index contributed by atoms with van der Waals surface area (Å²) < 4.78 is 5.16. The summed E-state index contributed by atoms with van der Waals surface area (Å²) in [6.45, 7) is 4.64. The van der Waals surface area contributed by atoms with Gasteiger partial charge in [-0.05, 0) is 31.5 Å². The summed E-state index contributed by atoms with van der Waals surface area (Å²) in [5, 5.41) is 2.84. The smallest absolute Gasteiger partial charge is 0.230 e. The SMILES string of the molecule is Cc1cc(C)cc(CSCC(=O)NCc2ccco2)c1. The Balaban J connectivity index is 1.71. The number of carbonyl (C=O) groups excluding carboxylic acids is 1. The van der Waals surface area contributed by atoms with Crippen LogP contribution in [0.5, 0.6) is 0 Å². The number of benzene rings is 1. The first-order valence-electron chi connectivity index (χ1n) is 6.57. The van der Waals surface area contributed by atoms with Gasteiger partial charge in [-0.1, -0.05) is 29.3 Å². The third-order valence-corrected chi connectivity index (χ3v) is 3.83. The van der Waals surface area contributed by atoms with E-state index in [-0.39, 0.29) is 5.91 Å². The monoisotopic (exact) mass is 289 g/mol. The molecule has 0 spiro atoms. The molecule has 0 aliphatic carbocycles. The van der Waals surface area contributed by atoms with E-state index in [1.165, 1.54) is 16.7 Å². The average Bonchev–Trinajstić information content (AvgIpc) is 2.88. The van der Waals surface area contributed by atoms with Gasteiger partial charge in [0.05, 0.1) is 18.6 Å². The Labute approximate surface area is 123 Å². The van der Waals surface area contributed by atoms with E-state index in [9.17, 15) is 4.79 Å². The minimum atomic E-state index is 0.0378. The quantitative estimate of drug-likeness (QED) is 0.885. The average molecular weight is 289 g/mol. The van der Waals surface area contributed by atoms with E-state index >= 15 is 0 Å². The summed E-state index contributed by atoms with van der Waals surface area (Å²) in [5.74, 6) is 2.14. The van der Waals surface area contributed by atoms with Crippen LogP contribution in [0.4, 0.5) is 0 Å². The fraction of sp³-hybridized carbons (Fsp3) is 0.312. The maximum atomic E-state index is 11.7. The van der Waals surface area contributed by atoms with Gasteiger partial charge in [0, 0.05) is 5.75 Å². The van der Waals surface area contributed by atoms with Gasteiger partial charge in [0.2, 0.25) is 5.91 Å². The van der Waals surface area contributed by atoms with Crippen LogP contribution in [0.25, 0.3) is 0 Å². The Morgan fingerprint density at radius 2 is 2.00 bits per heavy atom. The second-order valence-electron chi connectivity index (χ2n) is 4.84. The molecule has 0 saturated carbocycles. The highest BCUT2D eigenvalue weighted by atomic mass is 32.2. The minimum absolute atomic E-state index is 0.0378. The molecule has 2 rings (SSSR count). The summed E-state index contributed by atoms with van der Waals surface area (Å²) in [4.78, 5) is 11.7. The number of furan rings is 1. The van der Waals surface area contributed by atoms with Gasteiger partial charge in [0.1, 0.15) is 5.76 Å². The zero-order valence-electron chi connectivity index (χ0n) is 11.8. The molecule has 1 aromatic carbocycles. The Morgan fingerprint density at radius 1 is 1.25 bits per heavy atom. The summed E-state index contributed by atoms with van der Waals surface area (Å²) >= 11 is 1.63. The van der Waals surface area contributed by atoms with E-state index in [1.54, 1.807) is 18.0 Å². The number of aryl methyl sites for hydroxylation is 2. The van der Waals surface area contributed by atoms with Crippen LogP contribution in [0.15, 0.2) is 41.0 Å². The van der Waals surface area contributed by atoms with Crippen molar-refractivity contribution < 1.29 is 9.21 Å². The van der Waals surface area contributed by atoms with Crippen molar-refractivity contribution in [3.8, 4) is 0 Å². The number of thioether (sulfide) groups is 1. The van der Waals surface area contributed by atoms with Gasteiger partial charge in [0.25, 0.3) is 0 Å². The highest BCUT2D eigenvalue weighted by Gasteiger charge is 2.04. The highest BCUT2D eigenvalue weighted by Crippen LogP contribution is 2.15. The molecule has 20 heavy (non-hydrogen) atoms. The van der Waals surface area contributed by atoms with Crippen molar-refractivity contribution in [2.45, 2.75) is 26.1 Å². The van der Waals surface area contributed by atoms with Crippen molar-refractivity contribution in [1.82, 2.24) is 5.32 Å². The lowest BCUT2D eigenvalue weighted by molar-refractivity contribution is -0.118. The normalized spacial score (nSPS) is 10.5. The van der Waals surface area contributed by atoms with Crippen molar-refractivity contribution >= 4 is 17.7 Å². The lowest BCUT2D eigenvalue weighted by Crippen LogP contribution is -2.24. The van der Waals surface area contributed by atoms with Crippen molar-refractivity contribution in [1.29, 1.82) is 0 Å². The number of amides is 1. The largest absolute Gasteiger partial charge is 0.467 e. The van der Waals surface area contributed by atoms with Gasteiger partial charge in [-0.15, -0.1) is 11.8 Å². The molecule has 0 radical (unpaired) electrons. The standard InChI is InChI=1S/C16H19NO2S/c1-12-6-13(2)8-14(7-12)10-20-11-16(18)17-9-15-4-3-5-19-15/h3-8H,9-11H2,1-2H3,(H,17,18). The van der Waals surface area contributed by atoms with Crippen LogP contribution < -0.4 is 5.32 Å². The number of hydrogen-bond donors (Lipinski definition) is 1. The molecule has 1 aromatic heterocycles. The van der Waals surface area contributed by atoms with Gasteiger partial charge in [-0.3, -0.25) is 4.79 Å². The second kappa shape index (κ2) is 7.20. The first-order valence-corrected chi connectivity index (χ1v) is 7.73. The molecular weight excluding hydrogens is 270 g/mol. The van der Waals surface area contributed by atoms with Crippen LogP contribution in [0.3, 0.4) is 0 Å². The van der Waals surface area contributed by atoms with E-state index in [0.717, 1.165) is 11.5 Å². The molecule has 1 heterocycles. The summed E-state index contributed by atoms with van der Waals surface area (Å²) in [7, 11) is 0. The lowest BCUT2D eigenvalue weighted by Gasteiger charge is -2.06. The summed E-state index contributed by atoms with van der Waals surface area (Å²) in [6.07, 6.45) is 1.61. The van der Waals surface area contributed by atoms with Crippen LogP contribution in [-0.2, 0) is 17.1 Å². The molecule has 4 heteroatoms. The van der Waals surface area contributed by atoms with Gasteiger partial charge in [-0.2, -0.15) is 0 Å². The van der Waals surface area contributed by atoms with Gasteiger partial charge < -0.3 is 9.73 Å². The van der Waals surface area contributed by atoms with Gasteiger partial charge in [-0.25, -0.2) is 0 Å². The Morgan fingerprint density at radius 3 is 2.65 bits per heavy atom. The molecule has 0 aliphatic heterocycles. The minimum Gasteiger partial charge on any atom is -0.467 e. The third kappa shape index (κ3) is 4.78. The molecule has 0 fully saturated rings. The Hall–Kier alpha value is -1.68. The molecule has 106 valence electrons. The third-order valence-electron chi connectivity index (χ3n) is 2.82. The van der Waals surface area contributed by atoms with Gasteiger partial charge in [0.15, 0.2) is 0 Å². The van der Waals surface area contributed by atoms with Crippen molar-refractivity contribution in [2.24, 2.45) is 0 Å². The molecule has 0 aliphatic rings. The Kier molecular flexibility index (Phi) is 5.30. The van der Waals surface area contributed by atoms with E-state index in [1.807, 2.05) is 12.1 Å². The molecule has 0 atom stereocenters. The molecular formula is C16H19NO2S. The summed E-state index contributed by atoms with van der Waals surface area (Å²) in [6, 6.07) is 10.2. The predicted octanol–water partition coefficient (Wildman–Crippen LogP) is 3.45. The van der Waals surface area contributed by atoms with Gasteiger partial charge >= 0.3 is 0 Å². The second-order valence-corrected chi connectivity index (χ2v) is 5.83. The first-order chi connectivity index (χ1) is 9.63. The zero-order valence-corrected chi connectivity index (χ0v) is 12.6. The van der Waals surface area contributed by atoms with Crippen LogP contribution in [0.1, 0.15) is 22.5 Å². The van der Waals surface area contributed by atoms with Crippen LogP contribution in [-0.4, -0.2) is 11.7 Å². The van der Waals surface area contributed by atoms with Crippen molar-refractivity contribution in [2.75, 3.05) is 5.75 Å².